The van der Waals surface area contributed by atoms with Crippen LogP contribution in [0.25, 0.3) is 0 Å². The molecule has 27 heavy (non-hydrogen) atoms. The van der Waals surface area contributed by atoms with Crippen LogP contribution in [0.3, 0.4) is 0 Å². The monoisotopic (exact) mass is 377 g/mol. The fraction of sp³-hybridized carbons (Fsp3) is 0.100. The molecule has 0 aliphatic heterocycles. The number of aromatic nitrogens is 2. The van der Waals surface area contributed by atoms with Crippen LogP contribution in [-0.4, -0.2) is 22.6 Å². The molecule has 7 heteroatoms. The first kappa shape index (κ1) is 18.4. The molecule has 3 rings (SSSR count). The molecule has 0 aliphatic carbocycles. The van der Waals surface area contributed by atoms with Crippen LogP contribution in [0.1, 0.15) is 21.6 Å². The number of carbonyl (C=O) groups is 1. The van der Waals surface area contributed by atoms with Crippen LogP contribution in [0, 0.1) is 11.3 Å². The highest BCUT2D eigenvalue weighted by Crippen LogP contribution is 2.12. The van der Waals surface area contributed by atoms with Crippen molar-refractivity contribution in [1.82, 2.24) is 10.2 Å². The Hall–Kier alpha value is -3.43. The molecule has 0 unspecified atom stereocenters. The zero-order valence-electron chi connectivity index (χ0n) is 14.3. The van der Waals surface area contributed by atoms with E-state index >= 15 is 0 Å². The molecule has 1 aromatic heterocycles. The first-order chi connectivity index (χ1) is 13.1. The van der Waals surface area contributed by atoms with Crippen LogP contribution in [0.15, 0.2) is 60.7 Å². The number of nitrogens with zero attached hydrogens (tertiary/aromatic N) is 3. The first-order valence-electron chi connectivity index (χ1n) is 8.27. The normalized spacial score (nSPS) is 10.1. The second kappa shape index (κ2) is 8.79. The molecule has 0 radical (unpaired) electrons. The average Bonchev–Trinajstić information content (AvgIpc) is 2.70. The van der Waals surface area contributed by atoms with Gasteiger partial charge in [-0.25, -0.2) is 0 Å². The zero-order valence-corrected chi connectivity index (χ0v) is 15.1. The molecule has 2 aromatic carbocycles. The van der Waals surface area contributed by atoms with Crippen molar-refractivity contribution in [2.24, 2.45) is 0 Å². The van der Waals surface area contributed by atoms with E-state index in [0.29, 0.717) is 28.6 Å². The van der Waals surface area contributed by atoms with Crippen molar-refractivity contribution in [1.29, 1.82) is 5.26 Å². The van der Waals surface area contributed by atoms with Crippen molar-refractivity contribution in [2.45, 2.75) is 6.42 Å². The lowest BCUT2D eigenvalue weighted by molar-refractivity contribution is 0.102. The van der Waals surface area contributed by atoms with E-state index in [0.717, 1.165) is 12.0 Å². The van der Waals surface area contributed by atoms with E-state index in [1.807, 2.05) is 30.3 Å². The highest BCUT2D eigenvalue weighted by molar-refractivity contribution is 6.30. The number of benzene rings is 2. The van der Waals surface area contributed by atoms with Gasteiger partial charge in [-0.1, -0.05) is 29.8 Å². The SMILES string of the molecule is N#Cc1cccc(NC(=O)c2ccc(NCCc3ccc(Cl)cc3)nn2)c1. The molecule has 0 spiro atoms. The maximum atomic E-state index is 12.2. The van der Waals surface area contributed by atoms with E-state index < -0.39 is 0 Å². The summed E-state index contributed by atoms with van der Waals surface area (Å²) in [4.78, 5) is 12.2. The van der Waals surface area contributed by atoms with Crippen molar-refractivity contribution < 1.29 is 4.79 Å². The predicted molar refractivity (Wildman–Crippen MR) is 105 cm³/mol. The van der Waals surface area contributed by atoms with Gasteiger partial charge in [0.05, 0.1) is 11.6 Å². The number of halogens is 1. The van der Waals surface area contributed by atoms with Gasteiger partial charge in [0.25, 0.3) is 5.91 Å². The number of rotatable bonds is 6. The van der Waals surface area contributed by atoms with Crippen LogP contribution < -0.4 is 10.6 Å². The van der Waals surface area contributed by atoms with Crippen molar-refractivity contribution in [3.05, 3.63) is 82.5 Å². The maximum absolute atomic E-state index is 12.2. The molecule has 2 N–H and O–H groups in total. The summed E-state index contributed by atoms with van der Waals surface area (Å²) in [7, 11) is 0. The number of hydrogen-bond acceptors (Lipinski definition) is 5. The Morgan fingerprint density at radius 2 is 1.89 bits per heavy atom. The summed E-state index contributed by atoms with van der Waals surface area (Å²) < 4.78 is 0. The van der Waals surface area contributed by atoms with Crippen molar-refractivity contribution in [3.63, 3.8) is 0 Å². The van der Waals surface area contributed by atoms with Gasteiger partial charge in [-0.05, 0) is 54.4 Å². The Balaban J connectivity index is 1.53. The minimum Gasteiger partial charge on any atom is -0.368 e. The highest BCUT2D eigenvalue weighted by Gasteiger charge is 2.09. The number of amides is 1. The lowest BCUT2D eigenvalue weighted by Gasteiger charge is -2.07. The van der Waals surface area contributed by atoms with Crippen LogP contribution in [0.5, 0.6) is 0 Å². The summed E-state index contributed by atoms with van der Waals surface area (Å²) in [5.74, 6) is 0.206. The van der Waals surface area contributed by atoms with Crippen molar-refractivity contribution in [3.8, 4) is 6.07 Å². The van der Waals surface area contributed by atoms with Gasteiger partial charge in [0.2, 0.25) is 0 Å². The smallest absolute Gasteiger partial charge is 0.276 e. The largest absolute Gasteiger partial charge is 0.368 e. The van der Waals surface area contributed by atoms with E-state index in [9.17, 15) is 4.79 Å². The number of anilines is 2. The summed E-state index contributed by atoms with van der Waals surface area (Å²) in [6.45, 7) is 0.683. The lowest BCUT2D eigenvalue weighted by atomic mass is 10.1. The first-order valence-corrected chi connectivity index (χ1v) is 8.65. The van der Waals surface area contributed by atoms with E-state index in [2.05, 4.69) is 20.8 Å². The number of nitriles is 1. The number of carbonyl (C=O) groups excluding carboxylic acids is 1. The standard InChI is InChI=1S/C20H16ClN5O/c21-16-6-4-14(5-7-16)10-11-23-19-9-8-18(25-26-19)20(27)24-17-3-1-2-15(12-17)13-22/h1-9,12H,10-11H2,(H,23,26)(H,24,27). The molecular weight excluding hydrogens is 362 g/mol. The fourth-order valence-electron chi connectivity index (χ4n) is 2.40. The van der Waals surface area contributed by atoms with E-state index in [1.54, 1.807) is 36.4 Å². The van der Waals surface area contributed by atoms with Gasteiger partial charge in [-0.15, -0.1) is 10.2 Å². The molecule has 0 saturated heterocycles. The number of nitrogens with one attached hydrogen (secondary N) is 2. The Labute approximate surface area is 161 Å². The Morgan fingerprint density at radius 1 is 1.07 bits per heavy atom. The van der Waals surface area contributed by atoms with Crippen LogP contribution in [0.4, 0.5) is 11.5 Å². The second-order valence-corrected chi connectivity index (χ2v) is 6.19. The Kier molecular flexibility index (Phi) is 5.98. The third-order valence-corrected chi connectivity index (χ3v) is 4.03. The van der Waals surface area contributed by atoms with Gasteiger partial charge in [-0.2, -0.15) is 5.26 Å². The van der Waals surface area contributed by atoms with Crippen LogP contribution in [0.2, 0.25) is 5.02 Å². The molecule has 3 aromatic rings. The van der Waals surface area contributed by atoms with Gasteiger partial charge < -0.3 is 10.6 Å². The Morgan fingerprint density at radius 3 is 2.59 bits per heavy atom. The summed E-state index contributed by atoms with van der Waals surface area (Å²) in [6, 6.07) is 19.7. The average molecular weight is 378 g/mol. The quantitative estimate of drug-likeness (QED) is 0.679. The lowest BCUT2D eigenvalue weighted by Crippen LogP contribution is -2.15. The maximum Gasteiger partial charge on any atom is 0.276 e. The van der Waals surface area contributed by atoms with E-state index in [1.165, 1.54) is 0 Å². The topological polar surface area (TPSA) is 90.7 Å². The fourth-order valence-corrected chi connectivity index (χ4v) is 2.52. The zero-order chi connectivity index (χ0) is 19.1. The minimum atomic E-state index is -0.384. The summed E-state index contributed by atoms with van der Waals surface area (Å²) in [5, 5.41) is 23.5. The second-order valence-electron chi connectivity index (χ2n) is 5.75. The Bertz CT molecular complexity index is 965. The molecule has 0 saturated carbocycles. The molecule has 0 atom stereocenters. The molecule has 0 aliphatic rings. The van der Waals surface area contributed by atoms with Gasteiger partial charge in [0.15, 0.2) is 5.69 Å². The van der Waals surface area contributed by atoms with Gasteiger partial charge >= 0.3 is 0 Å². The molecule has 0 bridgehead atoms. The molecular formula is C20H16ClN5O. The third-order valence-electron chi connectivity index (χ3n) is 3.78. The van der Waals surface area contributed by atoms with E-state index in [4.69, 9.17) is 16.9 Å². The van der Waals surface area contributed by atoms with Gasteiger partial charge in [0, 0.05) is 17.3 Å². The minimum absolute atomic E-state index is 0.195. The summed E-state index contributed by atoms with van der Waals surface area (Å²) in [5.41, 5.74) is 2.36. The van der Waals surface area contributed by atoms with Crippen LogP contribution >= 0.6 is 11.6 Å². The highest BCUT2D eigenvalue weighted by atomic mass is 35.5. The molecule has 1 amide bonds. The molecule has 1 heterocycles. The van der Waals surface area contributed by atoms with Gasteiger partial charge in [0.1, 0.15) is 5.82 Å². The van der Waals surface area contributed by atoms with Crippen LogP contribution in [-0.2, 0) is 6.42 Å². The molecule has 6 nitrogen and oxygen atoms in total. The summed E-state index contributed by atoms with van der Waals surface area (Å²) >= 11 is 5.87. The van der Waals surface area contributed by atoms with Gasteiger partial charge in [-0.3, -0.25) is 4.79 Å². The van der Waals surface area contributed by atoms with Crippen molar-refractivity contribution in [2.75, 3.05) is 17.2 Å². The molecule has 0 fully saturated rings. The predicted octanol–water partition coefficient (Wildman–Crippen LogP) is 3.91. The van der Waals surface area contributed by atoms with Crippen molar-refractivity contribution >= 4 is 29.0 Å². The summed E-state index contributed by atoms with van der Waals surface area (Å²) in [6.07, 6.45) is 0.816. The molecule has 134 valence electrons. The number of hydrogen-bond donors (Lipinski definition) is 2. The third kappa shape index (κ3) is 5.27. The van der Waals surface area contributed by atoms with E-state index in [-0.39, 0.29) is 11.6 Å².